The first-order chi connectivity index (χ1) is 9.74. The topological polar surface area (TPSA) is 68.0 Å². The molecule has 0 saturated carbocycles. The summed E-state index contributed by atoms with van der Waals surface area (Å²) in [6.45, 7) is 0. The van der Waals surface area contributed by atoms with Gasteiger partial charge in [0.2, 0.25) is 0 Å². The van der Waals surface area contributed by atoms with Crippen LogP contribution < -0.4 is 0 Å². The zero-order valence-corrected chi connectivity index (χ0v) is 10.5. The Hall–Kier alpha value is -2.95. The van der Waals surface area contributed by atoms with E-state index in [0.29, 0.717) is 0 Å². The summed E-state index contributed by atoms with van der Waals surface area (Å²) in [4.78, 5) is 19.3. The van der Waals surface area contributed by atoms with E-state index in [9.17, 15) is 4.79 Å². The average molecular weight is 265 g/mol. The first-order valence-electron chi connectivity index (χ1n) is 6.02. The molecule has 2 heterocycles. The first kappa shape index (κ1) is 12.1. The molecule has 1 N–H and O–H groups in total. The molecular weight excluding hydrogens is 254 g/mol. The molecule has 5 nitrogen and oxygen atoms in total. The number of hydrogen-bond acceptors (Lipinski definition) is 3. The van der Waals surface area contributed by atoms with E-state index >= 15 is 0 Å². The second-order valence-corrected chi connectivity index (χ2v) is 4.26. The van der Waals surface area contributed by atoms with Crippen molar-refractivity contribution in [2.24, 2.45) is 0 Å². The third kappa shape index (κ3) is 2.29. The van der Waals surface area contributed by atoms with Crippen LogP contribution in [0.3, 0.4) is 0 Å². The highest BCUT2D eigenvalue weighted by molar-refractivity contribution is 5.89. The standard InChI is InChI=1S/C15H11N3O2/c19-15(20)12-4-1-3-11(7-12)14-9-18(10-17-14)13-5-2-6-16-8-13/h1-10H,(H,19,20). The number of rotatable bonds is 3. The molecule has 0 aliphatic rings. The average Bonchev–Trinajstić information content (AvgIpc) is 2.98. The van der Waals surface area contributed by atoms with Crippen molar-refractivity contribution in [3.05, 3.63) is 66.9 Å². The van der Waals surface area contributed by atoms with E-state index in [4.69, 9.17) is 5.11 Å². The molecular formula is C15H11N3O2. The number of carbonyl (C=O) groups is 1. The second-order valence-electron chi connectivity index (χ2n) is 4.26. The van der Waals surface area contributed by atoms with Crippen LogP contribution in [0.2, 0.25) is 0 Å². The van der Waals surface area contributed by atoms with Crippen LogP contribution in [0.15, 0.2) is 61.3 Å². The van der Waals surface area contributed by atoms with Gasteiger partial charge in [-0.15, -0.1) is 0 Å². The van der Waals surface area contributed by atoms with Crippen molar-refractivity contribution in [2.75, 3.05) is 0 Å². The monoisotopic (exact) mass is 265 g/mol. The van der Waals surface area contributed by atoms with Crippen LogP contribution in [-0.4, -0.2) is 25.6 Å². The summed E-state index contributed by atoms with van der Waals surface area (Å²) in [5, 5.41) is 9.01. The molecule has 0 aliphatic heterocycles. The van der Waals surface area contributed by atoms with E-state index < -0.39 is 5.97 Å². The Labute approximate surface area is 115 Å². The summed E-state index contributed by atoms with van der Waals surface area (Å²) in [5.74, 6) is -0.946. The number of imidazole rings is 1. The third-order valence-corrected chi connectivity index (χ3v) is 2.93. The molecule has 0 atom stereocenters. The molecule has 0 bridgehead atoms. The van der Waals surface area contributed by atoms with Crippen molar-refractivity contribution < 1.29 is 9.90 Å². The zero-order valence-electron chi connectivity index (χ0n) is 10.5. The lowest BCUT2D eigenvalue weighted by Gasteiger charge is -2.00. The maximum Gasteiger partial charge on any atom is 0.335 e. The van der Waals surface area contributed by atoms with Crippen molar-refractivity contribution in [1.82, 2.24) is 14.5 Å². The van der Waals surface area contributed by atoms with Crippen LogP contribution in [0.5, 0.6) is 0 Å². The van der Waals surface area contributed by atoms with Crippen LogP contribution in [-0.2, 0) is 0 Å². The van der Waals surface area contributed by atoms with Gasteiger partial charge in [-0.2, -0.15) is 0 Å². The number of nitrogens with zero attached hydrogens (tertiary/aromatic N) is 3. The highest BCUT2D eigenvalue weighted by atomic mass is 16.4. The van der Waals surface area contributed by atoms with Crippen LogP contribution in [0.1, 0.15) is 10.4 Å². The Bertz CT molecular complexity index is 751. The summed E-state index contributed by atoms with van der Waals surface area (Å²) >= 11 is 0. The lowest BCUT2D eigenvalue weighted by molar-refractivity contribution is 0.0697. The number of carboxylic acid groups (broad SMARTS) is 1. The van der Waals surface area contributed by atoms with E-state index in [0.717, 1.165) is 16.9 Å². The fourth-order valence-electron chi connectivity index (χ4n) is 1.93. The fraction of sp³-hybridized carbons (Fsp3) is 0. The summed E-state index contributed by atoms with van der Waals surface area (Å²) in [6, 6.07) is 10.5. The van der Waals surface area contributed by atoms with E-state index in [1.54, 1.807) is 36.9 Å². The Kier molecular flexibility index (Phi) is 3.01. The molecule has 0 unspecified atom stereocenters. The van der Waals surface area contributed by atoms with Crippen molar-refractivity contribution in [3.8, 4) is 16.9 Å². The third-order valence-electron chi connectivity index (χ3n) is 2.93. The van der Waals surface area contributed by atoms with E-state index in [-0.39, 0.29) is 5.56 Å². The molecule has 0 aliphatic carbocycles. The molecule has 2 aromatic heterocycles. The summed E-state index contributed by atoms with van der Waals surface area (Å²) in [7, 11) is 0. The highest BCUT2D eigenvalue weighted by Crippen LogP contribution is 2.20. The summed E-state index contributed by atoms with van der Waals surface area (Å²) in [6.07, 6.45) is 6.97. The van der Waals surface area contributed by atoms with Gasteiger partial charge in [0.15, 0.2) is 0 Å². The van der Waals surface area contributed by atoms with Gasteiger partial charge in [-0.1, -0.05) is 12.1 Å². The van der Waals surface area contributed by atoms with Crippen molar-refractivity contribution in [3.63, 3.8) is 0 Å². The molecule has 0 fully saturated rings. The lowest BCUT2D eigenvalue weighted by Crippen LogP contribution is -1.95. The number of hydrogen-bond donors (Lipinski definition) is 1. The van der Waals surface area contributed by atoms with Gasteiger partial charge in [0.25, 0.3) is 0 Å². The van der Waals surface area contributed by atoms with E-state index in [1.807, 2.05) is 29.0 Å². The Morgan fingerprint density at radius 2 is 2.10 bits per heavy atom. The molecule has 20 heavy (non-hydrogen) atoms. The van der Waals surface area contributed by atoms with Crippen molar-refractivity contribution in [1.29, 1.82) is 0 Å². The maximum atomic E-state index is 11.0. The molecule has 3 rings (SSSR count). The molecule has 0 radical (unpaired) electrons. The van der Waals surface area contributed by atoms with Crippen LogP contribution in [0.4, 0.5) is 0 Å². The molecule has 1 aromatic carbocycles. The molecule has 0 amide bonds. The molecule has 0 spiro atoms. The normalized spacial score (nSPS) is 10.4. The number of benzene rings is 1. The predicted molar refractivity (Wildman–Crippen MR) is 73.8 cm³/mol. The van der Waals surface area contributed by atoms with Crippen molar-refractivity contribution >= 4 is 5.97 Å². The van der Waals surface area contributed by atoms with Gasteiger partial charge in [-0.05, 0) is 24.3 Å². The molecule has 98 valence electrons. The minimum absolute atomic E-state index is 0.249. The summed E-state index contributed by atoms with van der Waals surface area (Å²) < 4.78 is 1.84. The number of aromatic carboxylic acids is 1. The quantitative estimate of drug-likeness (QED) is 0.790. The van der Waals surface area contributed by atoms with Gasteiger partial charge in [0.1, 0.15) is 0 Å². The van der Waals surface area contributed by atoms with Crippen LogP contribution in [0.25, 0.3) is 16.9 Å². The molecule has 3 aromatic rings. The Morgan fingerprint density at radius 1 is 1.20 bits per heavy atom. The second kappa shape index (κ2) is 4.97. The number of pyridine rings is 1. The van der Waals surface area contributed by atoms with E-state index in [1.165, 1.54) is 0 Å². The van der Waals surface area contributed by atoms with Crippen LogP contribution >= 0.6 is 0 Å². The van der Waals surface area contributed by atoms with Crippen molar-refractivity contribution in [2.45, 2.75) is 0 Å². The van der Waals surface area contributed by atoms with Crippen LogP contribution in [0, 0.1) is 0 Å². The first-order valence-corrected chi connectivity index (χ1v) is 6.02. The highest BCUT2D eigenvalue weighted by Gasteiger charge is 2.07. The summed E-state index contributed by atoms with van der Waals surface area (Å²) in [5.41, 5.74) is 2.64. The van der Waals surface area contributed by atoms with Gasteiger partial charge in [-0.3, -0.25) is 4.98 Å². The minimum Gasteiger partial charge on any atom is -0.478 e. The minimum atomic E-state index is -0.946. The van der Waals surface area contributed by atoms with Gasteiger partial charge in [0, 0.05) is 18.0 Å². The van der Waals surface area contributed by atoms with E-state index in [2.05, 4.69) is 9.97 Å². The molecule has 5 heteroatoms. The smallest absolute Gasteiger partial charge is 0.335 e. The number of aromatic nitrogens is 3. The Balaban J connectivity index is 1.98. The van der Waals surface area contributed by atoms with Gasteiger partial charge in [0.05, 0.1) is 29.5 Å². The van der Waals surface area contributed by atoms with Gasteiger partial charge >= 0.3 is 5.97 Å². The predicted octanol–water partition coefficient (Wildman–Crippen LogP) is 2.63. The largest absolute Gasteiger partial charge is 0.478 e. The fourth-order valence-corrected chi connectivity index (χ4v) is 1.93. The SMILES string of the molecule is O=C(O)c1cccc(-c2cn(-c3cccnc3)cn2)c1. The van der Waals surface area contributed by atoms with Gasteiger partial charge in [-0.25, -0.2) is 9.78 Å². The zero-order chi connectivity index (χ0) is 13.9. The Morgan fingerprint density at radius 3 is 2.85 bits per heavy atom. The number of carboxylic acids is 1. The molecule has 0 saturated heterocycles. The lowest BCUT2D eigenvalue weighted by atomic mass is 10.1. The maximum absolute atomic E-state index is 11.0. The van der Waals surface area contributed by atoms with Gasteiger partial charge < -0.3 is 9.67 Å².